The first-order valence-electron chi connectivity index (χ1n) is 7.40. The fraction of sp³-hybridized carbons (Fsp3) is 0.368. The summed E-state index contributed by atoms with van der Waals surface area (Å²) in [7, 11) is 0. The van der Waals surface area contributed by atoms with Crippen LogP contribution in [0.15, 0.2) is 36.4 Å². The van der Waals surface area contributed by atoms with Crippen molar-refractivity contribution in [2.24, 2.45) is 0 Å². The standard InChI is InChI=1S/C19H25N/c1-6-20-19(17-9-7-8-13(2)10-17)18-12-15(4)14(3)11-16(18)5/h7-12,19-20H,6H2,1-5H3. The topological polar surface area (TPSA) is 12.0 Å². The normalized spacial score (nSPS) is 12.4. The van der Waals surface area contributed by atoms with Gasteiger partial charge in [0.25, 0.3) is 0 Å². The van der Waals surface area contributed by atoms with Crippen LogP contribution in [0.4, 0.5) is 0 Å². The summed E-state index contributed by atoms with van der Waals surface area (Å²) in [6, 6.07) is 13.7. The molecule has 20 heavy (non-hydrogen) atoms. The number of aryl methyl sites for hydroxylation is 4. The lowest BCUT2D eigenvalue weighted by Gasteiger charge is -2.22. The molecule has 1 unspecified atom stereocenters. The van der Waals surface area contributed by atoms with Gasteiger partial charge in [-0.05, 0) is 62.1 Å². The summed E-state index contributed by atoms with van der Waals surface area (Å²) >= 11 is 0. The van der Waals surface area contributed by atoms with E-state index in [9.17, 15) is 0 Å². The Morgan fingerprint density at radius 2 is 1.60 bits per heavy atom. The third-order valence-electron chi connectivity index (χ3n) is 3.98. The van der Waals surface area contributed by atoms with Crippen molar-refractivity contribution < 1.29 is 0 Å². The van der Waals surface area contributed by atoms with E-state index in [2.05, 4.69) is 76.3 Å². The van der Waals surface area contributed by atoms with Crippen LogP contribution in [0.3, 0.4) is 0 Å². The van der Waals surface area contributed by atoms with Crippen molar-refractivity contribution in [3.63, 3.8) is 0 Å². The molecule has 1 atom stereocenters. The van der Waals surface area contributed by atoms with Gasteiger partial charge in [-0.2, -0.15) is 0 Å². The molecule has 0 heterocycles. The molecule has 106 valence electrons. The van der Waals surface area contributed by atoms with Gasteiger partial charge in [-0.3, -0.25) is 0 Å². The molecule has 2 rings (SSSR count). The van der Waals surface area contributed by atoms with E-state index in [1.165, 1.54) is 33.4 Å². The van der Waals surface area contributed by atoms with Gasteiger partial charge < -0.3 is 5.32 Å². The Morgan fingerprint density at radius 1 is 0.900 bits per heavy atom. The van der Waals surface area contributed by atoms with Crippen molar-refractivity contribution in [1.82, 2.24) is 5.32 Å². The molecule has 0 fully saturated rings. The second-order valence-corrected chi connectivity index (χ2v) is 5.70. The molecule has 0 aliphatic rings. The molecule has 0 spiro atoms. The van der Waals surface area contributed by atoms with Crippen LogP contribution in [0.5, 0.6) is 0 Å². The van der Waals surface area contributed by atoms with Gasteiger partial charge >= 0.3 is 0 Å². The first-order chi connectivity index (χ1) is 9.52. The first kappa shape index (κ1) is 14.8. The summed E-state index contributed by atoms with van der Waals surface area (Å²) in [5.74, 6) is 0. The molecule has 0 saturated heterocycles. The monoisotopic (exact) mass is 267 g/mol. The van der Waals surface area contributed by atoms with E-state index in [1.807, 2.05) is 0 Å². The van der Waals surface area contributed by atoms with Gasteiger partial charge in [-0.15, -0.1) is 0 Å². The number of rotatable bonds is 4. The summed E-state index contributed by atoms with van der Waals surface area (Å²) in [6.45, 7) is 11.9. The van der Waals surface area contributed by atoms with Crippen LogP contribution >= 0.6 is 0 Å². The molecule has 0 bridgehead atoms. The van der Waals surface area contributed by atoms with E-state index in [1.54, 1.807) is 0 Å². The summed E-state index contributed by atoms with van der Waals surface area (Å²) in [4.78, 5) is 0. The summed E-state index contributed by atoms with van der Waals surface area (Å²) < 4.78 is 0. The molecule has 0 saturated carbocycles. The van der Waals surface area contributed by atoms with Crippen molar-refractivity contribution in [3.05, 3.63) is 69.8 Å². The highest BCUT2D eigenvalue weighted by molar-refractivity contribution is 5.43. The van der Waals surface area contributed by atoms with E-state index in [0.29, 0.717) is 0 Å². The minimum Gasteiger partial charge on any atom is -0.307 e. The third kappa shape index (κ3) is 3.10. The molecule has 0 radical (unpaired) electrons. The molecular weight excluding hydrogens is 242 g/mol. The summed E-state index contributed by atoms with van der Waals surface area (Å²) in [5.41, 5.74) is 8.14. The predicted molar refractivity (Wildman–Crippen MR) is 87.4 cm³/mol. The lowest BCUT2D eigenvalue weighted by Crippen LogP contribution is -2.23. The van der Waals surface area contributed by atoms with Crippen molar-refractivity contribution in [2.75, 3.05) is 6.54 Å². The van der Waals surface area contributed by atoms with Crippen molar-refractivity contribution in [3.8, 4) is 0 Å². The average Bonchev–Trinajstić information content (AvgIpc) is 2.40. The van der Waals surface area contributed by atoms with Crippen LogP contribution in [0.2, 0.25) is 0 Å². The quantitative estimate of drug-likeness (QED) is 0.852. The van der Waals surface area contributed by atoms with Crippen LogP contribution in [0, 0.1) is 27.7 Å². The zero-order valence-corrected chi connectivity index (χ0v) is 13.2. The molecule has 0 amide bonds. The number of nitrogens with one attached hydrogen (secondary N) is 1. The van der Waals surface area contributed by atoms with Gasteiger partial charge in [0.2, 0.25) is 0 Å². The first-order valence-corrected chi connectivity index (χ1v) is 7.40. The second-order valence-electron chi connectivity index (χ2n) is 5.70. The zero-order valence-electron chi connectivity index (χ0n) is 13.2. The third-order valence-corrected chi connectivity index (χ3v) is 3.98. The van der Waals surface area contributed by atoms with Crippen molar-refractivity contribution in [2.45, 2.75) is 40.7 Å². The van der Waals surface area contributed by atoms with Gasteiger partial charge in [0.1, 0.15) is 0 Å². The summed E-state index contributed by atoms with van der Waals surface area (Å²) in [6.07, 6.45) is 0. The van der Waals surface area contributed by atoms with E-state index in [4.69, 9.17) is 0 Å². The second kappa shape index (κ2) is 6.23. The van der Waals surface area contributed by atoms with Gasteiger partial charge in [-0.1, -0.05) is 48.9 Å². The van der Waals surface area contributed by atoms with Crippen molar-refractivity contribution >= 4 is 0 Å². The highest BCUT2D eigenvalue weighted by atomic mass is 14.9. The molecular formula is C19H25N. The van der Waals surface area contributed by atoms with Gasteiger partial charge in [0, 0.05) is 0 Å². The molecule has 1 N–H and O–H groups in total. The smallest absolute Gasteiger partial charge is 0.0579 e. The van der Waals surface area contributed by atoms with Crippen LogP contribution in [0.1, 0.15) is 46.3 Å². The SMILES string of the molecule is CCNC(c1cccc(C)c1)c1cc(C)c(C)cc1C. The van der Waals surface area contributed by atoms with E-state index in [0.717, 1.165) is 6.54 Å². The van der Waals surface area contributed by atoms with Crippen LogP contribution in [-0.2, 0) is 0 Å². The Morgan fingerprint density at radius 3 is 2.25 bits per heavy atom. The van der Waals surface area contributed by atoms with E-state index >= 15 is 0 Å². The maximum absolute atomic E-state index is 3.63. The average molecular weight is 267 g/mol. The number of hydrogen-bond donors (Lipinski definition) is 1. The van der Waals surface area contributed by atoms with E-state index in [-0.39, 0.29) is 6.04 Å². The maximum Gasteiger partial charge on any atom is 0.0579 e. The van der Waals surface area contributed by atoms with Gasteiger partial charge in [-0.25, -0.2) is 0 Å². The predicted octanol–water partition coefficient (Wildman–Crippen LogP) is 4.62. The Bertz CT molecular complexity index is 599. The Hall–Kier alpha value is -1.60. The molecule has 2 aromatic rings. The minimum atomic E-state index is 0.277. The fourth-order valence-electron chi connectivity index (χ4n) is 2.76. The highest BCUT2D eigenvalue weighted by Crippen LogP contribution is 2.27. The molecule has 0 aliphatic carbocycles. The molecule has 1 nitrogen and oxygen atoms in total. The van der Waals surface area contributed by atoms with Crippen LogP contribution < -0.4 is 5.32 Å². The van der Waals surface area contributed by atoms with Gasteiger partial charge in [0.05, 0.1) is 6.04 Å². The molecule has 0 aromatic heterocycles. The maximum atomic E-state index is 3.63. The minimum absolute atomic E-state index is 0.277. The summed E-state index contributed by atoms with van der Waals surface area (Å²) in [5, 5.41) is 3.63. The molecule has 1 heteroatoms. The lowest BCUT2D eigenvalue weighted by atomic mass is 9.91. The van der Waals surface area contributed by atoms with Gasteiger partial charge in [0.15, 0.2) is 0 Å². The lowest BCUT2D eigenvalue weighted by molar-refractivity contribution is 0.627. The Kier molecular flexibility index (Phi) is 4.61. The number of benzene rings is 2. The Labute approximate surface area is 123 Å². The largest absolute Gasteiger partial charge is 0.307 e. The fourth-order valence-corrected chi connectivity index (χ4v) is 2.76. The highest BCUT2D eigenvalue weighted by Gasteiger charge is 2.16. The van der Waals surface area contributed by atoms with Crippen molar-refractivity contribution in [1.29, 1.82) is 0 Å². The number of hydrogen-bond acceptors (Lipinski definition) is 1. The van der Waals surface area contributed by atoms with Crippen LogP contribution in [-0.4, -0.2) is 6.54 Å². The van der Waals surface area contributed by atoms with Crippen LogP contribution in [0.25, 0.3) is 0 Å². The Balaban J connectivity index is 2.51. The molecule has 2 aromatic carbocycles. The van der Waals surface area contributed by atoms with E-state index < -0.39 is 0 Å². The zero-order chi connectivity index (χ0) is 14.7. The molecule has 0 aliphatic heterocycles.